The highest BCUT2D eigenvalue weighted by atomic mass is 32.2. The van der Waals surface area contributed by atoms with Crippen molar-refractivity contribution in [2.75, 3.05) is 35.7 Å². The predicted octanol–water partition coefficient (Wildman–Crippen LogP) is 2.27. The van der Waals surface area contributed by atoms with Gasteiger partial charge in [-0.25, -0.2) is 23.4 Å². The lowest BCUT2D eigenvalue weighted by atomic mass is 9.99. The molecule has 188 valence electrons. The number of aromatic nitrogens is 4. The van der Waals surface area contributed by atoms with Crippen LogP contribution < -0.4 is 14.5 Å². The summed E-state index contributed by atoms with van der Waals surface area (Å²) >= 11 is 0. The molecule has 0 radical (unpaired) electrons. The number of amides is 1. The molecule has 1 fully saturated rings. The molecule has 10 nitrogen and oxygen atoms in total. The van der Waals surface area contributed by atoms with E-state index in [9.17, 15) is 13.2 Å². The highest BCUT2D eigenvalue weighted by Gasteiger charge is 2.32. The number of fused-ring (bicyclic) bond motifs is 1. The van der Waals surface area contributed by atoms with Gasteiger partial charge >= 0.3 is 0 Å². The maximum absolute atomic E-state index is 12.3. The first-order chi connectivity index (χ1) is 17.2. The van der Waals surface area contributed by atoms with E-state index in [1.807, 2.05) is 42.3 Å². The third-order valence-corrected chi connectivity index (χ3v) is 7.28. The molecule has 2 unspecified atom stereocenters. The minimum atomic E-state index is -3.57. The van der Waals surface area contributed by atoms with E-state index in [-0.39, 0.29) is 6.04 Å². The monoisotopic (exact) mass is 507 g/mol. The van der Waals surface area contributed by atoms with E-state index >= 15 is 0 Å². The van der Waals surface area contributed by atoms with Crippen LogP contribution in [0.15, 0.2) is 42.7 Å². The number of rotatable bonds is 5. The quantitative estimate of drug-likeness (QED) is 0.554. The second kappa shape index (κ2) is 9.45. The second-order valence-corrected chi connectivity index (χ2v) is 11.2. The molecule has 5 heterocycles. The number of nitrogens with one attached hydrogen (secondary N) is 1. The average Bonchev–Trinajstić information content (AvgIpc) is 3.34. The number of sulfonamides is 1. The van der Waals surface area contributed by atoms with Crippen LogP contribution in [0.4, 0.5) is 11.6 Å². The van der Waals surface area contributed by atoms with Crippen molar-refractivity contribution >= 4 is 27.6 Å². The van der Waals surface area contributed by atoms with Crippen molar-refractivity contribution in [1.82, 2.24) is 24.7 Å². The second-order valence-electron chi connectivity index (χ2n) is 9.46. The number of pyridine rings is 2. The van der Waals surface area contributed by atoms with Crippen molar-refractivity contribution in [2.45, 2.75) is 32.7 Å². The third-order valence-electron chi connectivity index (χ3n) is 6.71. The van der Waals surface area contributed by atoms with Crippen molar-refractivity contribution in [2.24, 2.45) is 5.92 Å². The molecule has 1 N–H and O–H groups in total. The molecule has 2 atom stereocenters. The number of nitrogens with zero attached hydrogens (tertiary/aromatic N) is 6. The number of hydrogen-bond acceptors (Lipinski definition) is 9. The topological polar surface area (TPSA) is 121 Å². The van der Waals surface area contributed by atoms with Crippen LogP contribution in [0, 0.1) is 12.8 Å². The first kappa shape index (κ1) is 24.1. The van der Waals surface area contributed by atoms with E-state index < -0.39 is 21.8 Å². The Morgan fingerprint density at radius 3 is 2.67 bits per heavy atom. The number of carbonyl (C=O) groups is 1. The molecular formula is C25H29N7O3S. The lowest BCUT2D eigenvalue weighted by Gasteiger charge is -2.36. The number of carbonyl (C=O) groups excluding carboxylic acids is 1. The molecule has 5 rings (SSSR count). The van der Waals surface area contributed by atoms with Gasteiger partial charge in [0.15, 0.2) is 5.82 Å². The summed E-state index contributed by atoms with van der Waals surface area (Å²) in [7, 11) is -3.57. The largest absolute Gasteiger partial charge is 0.356 e. The Labute approximate surface area is 210 Å². The van der Waals surface area contributed by atoms with Gasteiger partial charge in [0, 0.05) is 44.0 Å². The van der Waals surface area contributed by atoms with E-state index in [2.05, 4.69) is 32.6 Å². The molecule has 0 aliphatic carbocycles. The normalized spacial score (nSPS) is 19.8. The molecule has 36 heavy (non-hydrogen) atoms. The van der Waals surface area contributed by atoms with E-state index in [0.717, 1.165) is 53.4 Å². The maximum atomic E-state index is 12.3. The van der Waals surface area contributed by atoms with Crippen LogP contribution in [-0.4, -0.2) is 60.2 Å². The van der Waals surface area contributed by atoms with Gasteiger partial charge in [-0.15, -0.1) is 0 Å². The summed E-state index contributed by atoms with van der Waals surface area (Å²) < 4.78 is 25.0. The fourth-order valence-electron chi connectivity index (χ4n) is 4.88. The van der Waals surface area contributed by atoms with Gasteiger partial charge in [0.1, 0.15) is 17.3 Å². The molecule has 3 aromatic heterocycles. The summed E-state index contributed by atoms with van der Waals surface area (Å²) in [6.45, 7) is 6.00. The number of aryl methyl sites for hydroxylation is 1. The highest BCUT2D eigenvalue weighted by Crippen LogP contribution is 2.34. The summed E-state index contributed by atoms with van der Waals surface area (Å²) in [6, 6.07) is 9.82. The van der Waals surface area contributed by atoms with Crippen LogP contribution in [0.25, 0.3) is 11.5 Å². The van der Waals surface area contributed by atoms with E-state index in [4.69, 9.17) is 9.97 Å². The molecule has 1 saturated heterocycles. The SMILES string of the molecule is Cc1cc(N2CCC(C(=O)NS(C)(=O)=O)C2)nc(N2CCc3nc(-c4ccccn4)ncc3C2C)c1. The molecule has 3 aromatic rings. The van der Waals surface area contributed by atoms with Crippen molar-refractivity contribution in [3.8, 4) is 11.5 Å². The van der Waals surface area contributed by atoms with Gasteiger partial charge in [0.25, 0.3) is 0 Å². The molecular weight excluding hydrogens is 478 g/mol. The van der Waals surface area contributed by atoms with Gasteiger partial charge in [-0.1, -0.05) is 6.07 Å². The molecule has 1 amide bonds. The summed E-state index contributed by atoms with van der Waals surface area (Å²) in [6.07, 6.45) is 5.98. The van der Waals surface area contributed by atoms with Crippen LogP contribution in [0.2, 0.25) is 0 Å². The third kappa shape index (κ3) is 5.01. The molecule has 11 heteroatoms. The minimum Gasteiger partial charge on any atom is -0.356 e. The number of hydrogen-bond donors (Lipinski definition) is 1. The van der Waals surface area contributed by atoms with Gasteiger partial charge in [-0.3, -0.25) is 14.5 Å². The van der Waals surface area contributed by atoms with Crippen LogP contribution in [0.5, 0.6) is 0 Å². The van der Waals surface area contributed by atoms with E-state index in [0.29, 0.717) is 25.3 Å². The standard InChI is InChI=1S/C25H29N7O3S/c1-16-12-22(31-10-7-18(15-31)25(33)30-36(3,34)35)29-23(13-16)32-11-8-20-19(17(32)2)14-27-24(28-20)21-6-4-5-9-26-21/h4-6,9,12-14,17-18H,7-8,10-11,15H2,1-3H3,(H,30,33). The van der Waals surface area contributed by atoms with Crippen molar-refractivity contribution < 1.29 is 13.2 Å². The Kier molecular flexibility index (Phi) is 6.33. The van der Waals surface area contributed by atoms with E-state index in [1.54, 1.807) is 6.20 Å². The van der Waals surface area contributed by atoms with Crippen LogP contribution in [0.1, 0.15) is 36.2 Å². The first-order valence-electron chi connectivity index (χ1n) is 12.0. The van der Waals surface area contributed by atoms with Crippen molar-refractivity contribution in [1.29, 1.82) is 0 Å². The number of anilines is 2. The Hall–Kier alpha value is -3.60. The van der Waals surface area contributed by atoms with Crippen LogP contribution in [0.3, 0.4) is 0 Å². The fraction of sp³-hybridized carbons (Fsp3) is 0.400. The lowest BCUT2D eigenvalue weighted by molar-refractivity contribution is -0.122. The summed E-state index contributed by atoms with van der Waals surface area (Å²) in [5.41, 5.74) is 3.93. The zero-order chi connectivity index (χ0) is 25.4. The Morgan fingerprint density at radius 1 is 1.11 bits per heavy atom. The zero-order valence-electron chi connectivity index (χ0n) is 20.5. The molecule has 0 spiro atoms. The summed E-state index contributed by atoms with van der Waals surface area (Å²) in [5.74, 6) is 1.44. The first-order valence-corrected chi connectivity index (χ1v) is 13.9. The van der Waals surface area contributed by atoms with Gasteiger partial charge in [0.05, 0.1) is 23.9 Å². The lowest BCUT2D eigenvalue weighted by Crippen LogP contribution is -2.37. The van der Waals surface area contributed by atoms with Crippen LogP contribution >= 0.6 is 0 Å². The fourth-order valence-corrected chi connectivity index (χ4v) is 5.42. The smallest absolute Gasteiger partial charge is 0.238 e. The molecule has 2 aliphatic heterocycles. The highest BCUT2D eigenvalue weighted by molar-refractivity contribution is 7.89. The summed E-state index contributed by atoms with van der Waals surface area (Å²) in [5, 5.41) is 0. The van der Waals surface area contributed by atoms with Crippen LogP contribution in [-0.2, 0) is 21.2 Å². The Balaban J connectivity index is 1.35. The Morgan fingerprint density at radius 2 is 1.92 bits per heavy atom. The van der Waals surface area contributed by atoms with Gasteiger partial charge < -0.3 is 9.80 Å². The average molecular weight is 508 g/mol. The summed E-state index contributed by atoms with van der Waals surface area (Å²) in [4.78, 5) is 35.3. The minimum absolute atomic E-state index is 0.0422. The van der Waals surface area contributed by atoms with E-state index in [1.165, 1.54) is 0 Å². The van der Waals surface area contributed by atoms with Crippen molar-refractivity contribution in [3.05, 3.63) is 59.5 Å². The zero-order valence-corrected chi connectivity index (χ0v) is 21.4. The molecule has 0 saturated carbocycles. The molecule has 0 bridgehead atoms. The predicted molar refractivity (Wildman–Crippen MR) is 137 cm³/mol. The van der Waals surface area contributed by atoms with Gasteiger partial charge in [0.2, 0.25) is 15.9 Å². The van der Waals surface area contributed by atoms with Crippen molar-refractivity contribution in [3.63, 3.8) is 0 Å². The Bertz CT molecular complexity index is 1400. The maximum Gasteiger partial charge on any atom is 0.238 e. The van der Waals surface area contributed by atoms with Gasteiger partial charge in [-0.05, 0) is 50.1 Å². The molecule has 2 aliphatic rings. The molecule has 0 aromatic carbocycles. The van der Waals surface area contributed by atoms with Gasteiger partial charge in [-0.2, -0.15) is 0 Å².